The quantitative estimate of drug-likeness (QED) is 0.755. The molecule has 0 saturated carbocycles. The first-order chi connectivity index (χ1) is 9.89. The van der Waals surface area contributed by atoms with Crippen LogP contribution in [0.2, 0.25) is 0 Å². The molecular formula is C14H25N5O2. The molecule has 0 aliphatic carbocycles. The van der Waals surface area contributed by atoms with Crippen molar-refractivity contribution in [2.45, 2.75) is 26.0 Å². The lowest BCUT2D eigenvalue weighted by Crippen LogP contribution is -2.52. The largest absolute Gasteiger partial charge is 0.389 e. The maximum Gasteiger partial charge on any atom is 0.274 e. The van der Waals surface area contributed by atoms with Gasteiger partial charge in [0.25, 0.3) is 5.91 Å². The van der Waals surface area contributed by atoms with E-state index in [2.05, 4.69) is 9.88 Å². The number of carbonyl (C=O) groups excluding carboxylic acids is 1. The minimum absolute atomic E-state index is 0.0336. The van der Waals surface area contributed by atoms with Crippen molar-refractivity contribution in [3.05, 3.63) is 18.2 Å². The highest BCUT2D eigenvalue weighted by Crippen LogP contribution is 2.11. The Morgan fingerprint density at radius 1 is 1.38 bits per heavy atom. The Morgan fingerprint density at radius 3 is 2.62 bits per heavy atom. The fraction of sp³-hybridized carbons (Fsp3) is 0.714. The summed E-state index contributed by atoms with van der Waals surface area (Å²) in [7, 11) is 0. The van der Waals surface area contributed by atoms with Gasteiger partial charge in [0.05, 0.1) is 11.9 Å². The van der Waals surface area contributed by atoms with Gasteiger partial charge >= 0.3 is 0 Å². The maximum absolute atomic E-state index is 12.4. The predicted molar refractivity (Wildman–Crippen MR) is 79.9 cm³/mol. The zero-order valence-electron chi connectivity index (χ0n) is 12.8. The Bertz CT molecular complexity index is 472. The van der Waals surface area contributed by atoms with Gasteiger partial charge in [-0.2, -0.15) is 0 Å². The molecule has 0 radical (unpaired) electrons. The lowest BCUT2D eigenvalue weighted by molar-refractivity contribution is 0.0177. The summed E-state index contributed by atoms with van der Waals surface area (Å²) in [6.45, 7) is 8.30. The van der Waals surface area contributed by atoms with Crippen LogP contribution in [0.25, 0.3) is 0 Å². The van der Waals surface area contributed by atoms with E-state index in [9.17, 15) is 9.90 Å². The number of hydrogen-bond acceptors (Lipinski definition) is 5. The van der Waals surface area contributed by atoms with Gasteiger partial charge in [0, 0.05) is 52.0 Å². The molecule has 3 N–H and O–H groups in total. The van der Waals surface area contributed by atoms with Gasteiger partial charge in [-0.1, -0.05) is 0 Å². The fourth-order valence-corrected chi connectivity index (χ4v) is 2.56. The highest BCUT2D eigenvalue weighted by molar-refractivity contribution is 5.92. The summed E-state index contributed by atoms with van der Waals surface area (Å²) in [5, 5.41) is 9.83. The zero-order valence-corrected chi connectivity index (χ0v) is 12.8. The molecule has 0 spiro atoms. The standard InChI is InChI=1S/C14H25N5O2/c1-14(2,21)10-17-5-7-19(8-6-17)13(20)12-9-18(4-3-15)11-16-12/h9,11,21H,3-8,10,15H2,1-2H3. The molecule has 0 unspecified atom stereocenters. The minimum atomic E-state index is -0.701. The Labute approximate surface area is 125 Å². The molecule has 7 nitrogen and oxygen atoms in total. The van der Waals surface area contributed by atoms with Crippen LogP contribution in [0.5, 0.6) is 0 Å². The third-order valence-electron chi connectivity index (χ3n) is 3.51. The number of nitrogens with zero attached hydrogens (tertiary/aromatic N) is 4. The highest BCUT2D eigenvalue weighted by atomic mass is 16.3. The van der Waals surface area contributed by atoms with Crippen LogP contribution in [0, 0.1) is 0 Å². The van der Waals surface area contributed by atoms with Crippen LogP contribution in [0.3, 0.4) is 0 Å². The number of nitrogens with two attached hydrogens (primary N) is 1. The molecule has 118 valence electrons. The van der Waals surface area contributed by atoms with Crippen LogP contribution in [-0.4, -0.2) is 75.2 Å². The molecule has 1 amide bonds. The lowest BCUT2D eigenvalue weighted by Gasteiger charge is -2.37. The second kappa shape index (κ2) is 6.55. The second-order valence-corrected chi connectivity index (χ2v) is 6.17. The van der Waals surface area contributed by atoms with Gasteiger partial charge in [0.1, 0.15) is 5.69 Å². The van der Waals surface area contributed by atoms with Crippen LogP contribution >= 0.6 is 0 Å². The Morgan fingerprint density at radius 2 is 2.05 bits per heavy atom. The summed E-state index contributed by atoms with van der Waals surface area (Å²) >= 11 is 0. The van der Waals surface area contributed by atoms with Crippen molar-refractivity contribution in [3.63, 3.8) is 0 Å². The molecule has 1 aromatic rings. The van der Waals surface area contributed by atoms with E-state index in [0.717, 1.165) is 13.1 Å². The van der Waals surface area contributed by atoms with Crippen LogP contribution in [0.1, 0.15) is 24.3 Å². The van der Waals surface area contributed by atoms with E-state index in [1.165, 1.54) is 0 Å². The Balaban J connectivity index is 1.87. The van der Waals surface area contributed by atoms with Gasteiger partial charge in [-0.3, -0.25) is 9.69 Å². The molecular weight excluding hydrogens is 270 g/mol. The van der Waals surface area contributed by atoms with Crippen LogP contribution < -0.4 is 5.73 Å². The third kappa shape index (κ3) is 4.52. The average Bonchev–Trinajstić information content (AvgIpc) is 2.86. The van der Waals surface area contributed by atoms with E-state index in [1.54, 1.807) is 26.4 Å². The lowest BCUT2D eigenvalue weighted by atomic mass is 10.1. The molecule has 1 aliphatic heterocycles. The predicted octanol–water partition coefficient (Wildman–Crippen LogP) is -0.629. The van der Waals surface area contributed by atoms with Crippen LogP contribution in [-0.2, 0) is 6.54 Å². The van der Waals surface area contributed by atoms with Crippen LogP contribution in [0.4, 0.5) is 0 Å². The number of rotatable bonds is 5. The van der Waals surface area contributed by atoms with E-state index < -0.39 is 5.60 Å². The SMILES string of the molecule is CC(C)(O)CN1CCN(C(=O)c2cn(CCN)cn2)CC1. The fourth-order valence-electron chi connectivity index (χ4n) is 2.56. The van der Waals surface area contributed by atoms with Crippen molar-refractivity contribution < 1.29 is 9.90 Å². The number of amides is 1. The highest BCUT2D eigenvalue weighted by Gasteiger charge is 2.26. The normalized spacial score (nSPS) is 17.2. The molecule has 1 fully saturated rings. The van der Waals surface area contributed by atoms with E-state index in [-0.39, 0.29) is 5.91 Å². The van der Waals surface area contributed by atoms with E-state index in [4.69, 9.17) is 5.73 Å². The smallest absolute Gasteiger partial charge is 0.274 e. The van der Waals surface area contributed by atoms with Gasteiger partial charge in [-0.25, -0.2) is 4.98 Å². The van der Waals surface area contributed by atoms with Crippen molar-refractivity contribution in [1.29, 1.82) is 0 Å². The molecule has 1 aliphatic rings. The summed E-state index contributed by atoms with van der Waals surface area (Å²) in [6.07, 6.45) is 3.39. The molecule has 0 bridgehead atoms. The monoisotopic (exact) mass is 295 g/mol. The van der Waals surface area contributed by atoms with Crippen molar-refractivity contribution in [2.24, 2.45) is 5.73 Å². The summed E-state index contributed by atoms with van der Waals surface area (Å²) in [5.74, 6) is -0.0336. The molecule has 21 heavy (non-hydrogen) atoms. The van der Waals surface area contributed by atoms with Gasteiger partial charge in [-0.15, -0.1) is 0 Å². The molecule has 1 saturated heterocycles. The number of imidazole rings is 1. The van der Waals surface area contributed by atoms with Crippen molar-refractivity contribution >= 4 is 5.91 Å². The van der Waals surface area contributed by atoms with Crippen molar-refractivity contribution in [1.82, 2.24) is 19.4 Å². The summed E-state index contributed by atoms with van der Waals surface area (Å²) < 4.78 is 1.83. The summed E-state index contributed by atoms with van der Waals surface area (Å²) in [6, 6.07) is 0. The number of hydrogen-bond donors (Lipinski definition) is 2. The minimum Gasteiger partial charge on any atom is -0.389 e. The molecule has 0 atom stereocenters. The number of aliphatic hydroxyl groups is 1. The van der Waals surface area contributed by atoms with Crippen molar-refractivity contribution in [2.75, 3.05) is 39.3 Å². The first-order valence-corrected chi connectivity index (χ1v) is 7.35. The van der Waals surface area contributed by atoms with Gasteiger partial charge < -0.3 is 20.3 Å². The van der Waals surface area contributed by atoms with E-state index in [1.807, 2.05) is 9.47 Å². The van der Waals surface area contributed by atoms with Gasteiger partial charge in [0.15, 0.2) is 0 Å². The van der Waals surface area contributed by atoms with Gasteiger partial charge in [0.2, 0.25) is 0 Å². The molecule has 7 heteroatoms. The average molecular weight is 295 g/mol. The number of β-amino-alcohol motifs (C(OH)–C–C–N with tert-alkyl or cyclic N) is 1. The summed E-state index contributed by atoms with van der Waals surface area (Å²) in [5.41, 5.74) is 5.25. The second-order valence-electron chi connectivity index (χ2n) is 6.17. The number of carbonyl (C=O) groups is 1. The molecule has 1 aromatic heterocycles. The first-order valence-electron chi connectivity index (χ1n) is 7.35. The van der Waals surface area contributed by atoms with E-state index in [0.29, 0.717) is 38.4 Å². The van der Waals surface area contributed by atoms with E-state index >= 15 is 0 Å². The molecule has 0 aromatic carbocycles. The van der Waals surface area contributed by atoms with Crippen molar-refractivity contribution in [3.8, 4) is 0 Å². The Kier molecular flexibility index (Phi) is 4.97. The first kappa shape index (κ1) is 15.9. The third-order valence-corrected chi connectivity index (χ3v) is 3.51. The van der Waals surface area contributed by atoms with Gasteiger partial charge in [-0.05, 0) is 13.8 Å². The molecule has 2 heterocycles. The summed E-state index contributed by atoms with van der Waals surface area (Å²) in [4.78, 5) is 20.5. The maximum atomic E-state index is 12.4. The molecule has 2 rings (SSSR count). The number of aromatic nitrogens is 2. The topological polar surface area (TPSA) is 87.6 Å². The zero-order chi connectivity index (χ0) is 15.5. The number of piperazine rings is 1. The van der Waals surface area contributed by atoms with Crippen LogP contribution in [0.15, 0.2) is 12.5 Å². The Hall–Kier alpha value is -1.44.